The van der Waals surface area contributed by atoms with Gasteiger partial charge in [-0.3, -0.25) is 9.69 Å². The van der Waals surface area contributed by atoms with Crippen molar-refractivity contribution in [1.29, 1.82) is 0 Å². The lowest BCUT2D eigenvalue weighted by Crippen LogP contribution is -2.33. The molecule has 88 valence electrons. The monoisotopic (exact) mass is 259 g/mol. The average Bonchev–Trinajstić information content (AvgIpc) is 2.46. The maximum Gasteiger partial charge on any atom is 0.252 e. The van der Waals surface area contributed by atoms with E-state index in [-0.39, 0.29) is 11.7 Å². The number of rotatable bonds is 6. The Morgan fingerprint density at radius 1 is 1.75 bits per heavy atom. The molecular formula is C9H11N2O3S2-. The topological polar surface area (TPSA) is 72.5 Å². The summed E-state index contributed by atoms with van der Waals surface area (Å²) in [5.41, 5.74) is 0. The Kier molecular flexibility index (Phi) is 4.75. The van der Waals surface area contributed by atoms with Crippen LogP contribution >= 0.6 is 24.0 Å². The van der Waals surface area contributed by atoms with E-state index in [1.807, 2.05) is 0 Å². The van der Waals surface area contributed by atoms with Crippen molar-refractivity contribution in [2.24, 2.45) is 0 Å². The van der Waals surface area contributed by atoms with Gasteiger partial charge in [0.05, 0.1) is 5.97 Å². The van der Waals surface area contributed by atoms with Crippen molar-refractivity contribution in [3.63, 3.8) is 0 Å². The number of nitrogens with zero attached hydrogens (tertiary/aromatic N) is 1. The minimum atomic E-state index is -1.14. The van der Waals surface area contributed by atoms with Crippen LogP contribution < -0.4 is 10.4 Å². The van der Waals surface area contributed by atoms with E-state index < -0.39 is 12.0 Å². The fourth-order valence-corrected chi connectivity index (χ4v) is 2.30. The molecule has 5 nitrogen and oxygen atoms in total. The Morgan fingerprint density at radius 3 is 3.00 bits per heavy atom. The van der Waals surface area contributed by atoms with Crippen LogP contribution in [0, 0.1) is 0 Å². The molecule has 0 saturated carbocycles. The first kappa shape index (κ1) is 13.0. The van der Waals surface area contributed by atoms with Gasteiger partial charge in [-0.1, -0.05) is 6.08 Å². The Bertz CT molecular complexity index is 333. The van der Waals surface area contributed by atoms with E-state index in [1.54, 1.807) is 6.08 Å². The molecule has 0 aromatic carbocycles. The third-order valence-electron chi connectivity index (χ3n) is 1.92. The number of nitrogens with one attached hydrogen (secondary N) is 1. The highest BCUT2D eigenvalue weighted by Gasteiger charge is 2.34. The van der Waals surface area contributed by atoms with Crippen LogP contribution in [-0.4, -0.2) is 46.0 Å². The number of aliphatic carboxylic acids is 1. The summed E-state index contributed by atoms with van der Waals surface area (Å²) < 4.78 is 0. The molecule has 1 saturated heterocycles. The van der Waals surface area contributed by atoms with Crippen LogP contribution in [0.2, 0.25) is 0 Å². The summed E-state index contributed by atoms with van der Waals surface area (Å²) in [6.45, 7) is 3.90. The quantitative estimate of drug-likeness (QED) is 0.474. The molecule has 0 unspecified atom stereocenters. The second kappa shape index (κ2) is 5.86. The highest BCUT2D eigenvalue weighted by molar-refractivity contribution is 8.00. The van der Waals surface area contributed by atoms with Gasteiger partial charge in [0.25, 0.3) is 5.91 Å². The number of carboxylic acid groups (broad SMARTS) is 1. The van der Waals surface area contributed by atoms with Gasteiger partial charge < -0.3 is 15.2 Å². The molecule has 0 aromatic rings. The van der Waals surface area contributed by atoms with Crippen LogP contribution in [0.5, 0.6) is 0 Å². The number of hydrogen-bond donors (Lipinski definition) is 1. The molecule has 0 aliphatic carbocycles. The summed E-state index contributed by atoms with van der Waals surface area (Å²) in [6.07, 6.45) is 1.59. The van der Waals surface area contributed by atoms with Crippen molar-refractivity contribution in [3.05, 3.63) is 12.7 Å². The lowest BCUT2D eigenvalue weighted by molar-refractivity contribution is -0.301. The average molecular weight is 259 g/mol. The normalized spacial score (nSPS) is 19.8. The van der Waals surface area contributed by atoms with E-state index in [0.717, 1.165) is 11.8 Å². The standard InChI is InChI=1S/C9H12N2O3S2/c1-2-3-11-8(14)6(10-9(11)15)4-16-5-7(12)13/h2,6H,1,3-5H2,(H,10,15)(H,12,13)/p-1/t6-/m0/s1. The van der Waals surface area contributed by atoms with Gasteiger partial charge in [0, 0.05) is 18.1 Å². The van der Waals surface area contributed by atoms with Gasteiger partial charge in [-0.05, 0) is 12.2 Å². The molecule has 1 fully saturated rings. The molecule has 0 radical (unpaired) electrons. The van der Waals surface area contributed by atoms with Crippen LogP contribution in [0.4, 0.5) is 0 Å². The maximum absolute atomic E-state index is 11.7. The minimum absolute atomic E-state index is 0.125. The van der Waals surface area contributed by atoms with Gasteiger partial charge in [0.15, 0.2) is 5.11 Å². The Hall–Kier alpha value is -1.08. The number of thiocarbonyl (C=S) groups is 1. The summed E-state index contributed by atoms with van der Waals surface area (Å²) >= 11 is 6.10. The molecule has 1 rings (SSSR count). The largest absolute Gasteiger partial charge is 0.549 e. The van der Waals surface area contributed by atoms with Gasteiger partial charge in [-0.15, -0.1) is 6.58 Å². The predicted molar refractivity (Wildman–Crippen MR) is 63.8 cm³/mol. The first-order valence-corrected chi connectivity index (χ1v) is 6.13. The fraction of sp³-hybridized carbons (Fsp3) is 0.444. The number of carbonyl (C=O) groups is 2. The van der Waals surface area contributed by atoms with E-state index in [2.05, 4.69) is 11.9 Å². The highest BCUT2D eigenvalue weighted by atomic mass is 32.2. The van der Waals surface area contributed by atoms with Crippen LogP contribution in [0.3, 0.4) is 0 Å². The molecule has 1 aliphatic heterocycles. The summed E-state index contributed by atoms with van der Waals surface area (Å²) in [6, 6.07) is -0.447. The number of amides is 1. The zero-order chi connectivity index (χ0) is 12.1. The molecule has 1 N–H and O–H groups in total. The van der Waals surface area contributed by atoms with Gasteiger partial charge in [-0.25, -0.2) is 0 Å². The lowest BCUT2D eigenvalue weighted by atomic mass is 10.3. The van der Waals surface area contributed by atoms with Gasteiger partial charge in [-0.2, -0.15) is 11.8 Å². The number of hydrogen-bond acceptors (Lipinski definition) is 5. The summed E-state index contributed by atoms with van der Waals surface area (Å²) in [7, 11) is 0. The summed E-state index contributed by atoms with van der Waals surface area (Å²) in [5, 5.41) is 13.4. The molecule has 7 heteroatoms. The molecule has 0 spiro atoms. The Balaban J connectivity index is 2.45. The van der Waals surface area contributed by atoms with Crippen LogP contribution in [0.1, 0.15) is 0 Å². The molecular weight excluding hydrogens is 248 g/mol. The van der Waals surface area contributed by atoms with Crippen molar-refractivity contribution in [3.8, 4) is 0 Å². The van der Waals surface area contributed by atoms with Crippen LogP contribution in [0.15, 0.2) is 12.7 Å². The molecule has 1 amide bonds. The van der Waals surface area contributed by atoms with Crippen molar-refractivity contribution >= 4 is 41.0 Å². The molecule has 1 aliphatic rings. The summed E-state index contributed by atoms with van der Waals surface area (Å²) in [4.78, 5) is 23.3. The minimum Gasteiger partial charge on any atom is -0.549 e. The van der Waals surface area contributed by atoms with Crippen molar-refractivity contribution in [2.75, 3.05) is 18.1 Å². The van der Waals surface area contributed by atoms with Crippen LogP contribution in [-0.2, 0) is 9.59 Å². The van der Waals surface area contributed by atoms with E-state index in [0.29, 0.717) is 17.4 Å². The highest BCUT2D eigenvalue weighted by Crippen LogP contribution is 2.11. The van der Waals surface area contributed by atoms with Gasteiger partial charge in [0.2, 0.25) is 0 Å². The van der Waals surface area contributed by atoms with E-state index in [9.17, 15) is 14.7 Å². The third kappa shape index (κ3) is 3.21. The molecule has 0 bridgehead atoms. The molecule has 1 atom stereocenters. The van der Waals surface area contributed by atoms with E-state index in [4.69, 9.17) is 12.2 Å². The number of thioether (sulfide) groups is 1. The van der Waals surface area contributed by atoms with E-state index >= 15 is 0 Å². The summed E-state index contributed by atoms with van der Waals surface area (Å²) in [5.74, 6) is -1.04. The van der Waals surface area contributed by atoms with Crippen molar-refractivity contribution in [2.45, 2.75) is 6.04 Å². The van der Waals surface area contributed by atoms with Crippen LogP contribution in [0.25, 0.3) is 0 Å². The lowest BCUT2D eigenvalue weighted by Gasteiger charge is -2.11. The molecule has 1 heterocycles. The molecule has 0 aromatic heterocycles. The third-order valence-corrected chi connectivity index (χ3v) is 3.27. The van der Waals surface area contributed by atoms with Gasteiger partial charge >= 0.3 is 0 Å². The fourth-order valence-electron chi connectivity index (χ4n) is 1.25. The van der Waals surface area contributed by atoms with E-state index in [1.165, 1.54) is 4.90 Å². The first-order valence-electron chi connectivity index (χ1n) is 4.56. The Morgan fingerprint density at radius 2 is 2.44 bits per heavy atom. The van der Waals surface area contributed by atoms with Crippen molar-refractivity contribution in [1.82, 2.24) is 10.2 Å². The van der Waals surface area contributed by atoms with Crippen molar-refractivity contribution < 1.29 is 14.7 Å². The SMILES string of the molecule is C=CCN1C(=O)[C@H](CSCC(=O)[O-])NC1=S. The maximum atomic E-state index is 11.7. The first-order chi connectivity index (χ1) is 7.56. The molecule has 16 heavy (non-hydrogen) atoms. The zero-order valence-corrected chi connectivity index (χ0v) is 10.1. The number of carbonyl (C=O) groups excluding carboxylic acids is 2. The second-order valence-electron chi connectivity index (χ2n) is 3.13. The zero-order valence-electron chi connectivity index (χ0n) is 8.47. The second-order valence-corrected chi connectivity index (χ2v) is 4.54. The number of carboxylic acids is 1. The predicted octanol–water partition coefficient (Wildman–Crippen LogP) is -1.26. The smallest absolute Gasteiger partial charge is 0.252 e. The Labute approximate surface area is 103 Å². The van der Waals surface area contributed by atoms with Gasteiger partial charge in [0.1, 0.15) is 6.04 Å².